The Labute approximate surface area is 121 Å². The summed E-state index contributed by atoms with van der Waals surface area (Å²) in [4.78, 5) is 0. The van der Waals surface area contributed by atoms with Gasteiger partial charge < -0.3 is 4.52 Å². The van der Waals surface area contributed by atoms with E-state index < -0.39 is 12.5 Å². The molecule has 3 heteroatoms. The average molecular weight is 288 g/mol. The van der Waals surface area contributed by atoms with E-state index in [9.17, 15) is 4.57 Å². The summed E-state index contributed by atoms with van der Waals surface area (Å²) < 4.78 is 19.3. The molecule has 1 aliphatic heterocycles. The van der Waals surface area contributed by atoms with E-state index in [2.05, 4.69) is 6.58 Å². The first kappa shape index (κ1) is 14.9. The van der Waals surface area contributed by atoms with Gasteiger partial charge in [-0.15, -0.1) is 0 Å². The average Bonchev–Trinajstić information content (AvgIpc) is 2.38. The van der Waals surface area contributed by atoms with Crippen molar-refractivity contribution >= 4 is 12.9 Å². The highest BCUT2D eigenvalue weighted by atomic mass is 31.2. The molecule has 1 aromatic rings. The Morgan fingerprint density at radius 2 is 1.90 bits per heavy atom. The van der Waals surface area contributed by atoms with Gasteiger partial charge in [-0.05, 0) is 39.3 Å². The predicted octanol–water partition coefficient (Wildman–Crippen LogP) is 5.63. The lowest BCUT2D eigenvalue weighted by Crippen LogP contribution is -2.22. The molecule has 0 spiro atoms. The molecule has 0 saturated carbocycles. The van der Waals surface area contributed by atoms with Gasteiger partial charge >= 0.3 is 0 Å². The maximum atomic E-state index is 13.4. The zero-order chi connectivity index (χ0) is 15.0. The molecule has 0 fully saturated rings. The molecular formula is C17H21O2P. The molecule has 0 N–H and O–H groups in total. The van der Waals surface area contributed by atoms with Crippen LogP contribution < -0.4 is 4.52 Å². The summed E-state index contributed by atoms with van der Waals surface area (Å²) in [6.45, 7) is 11.5. The van der Waals surface area contributed by atoms with Crippen LogP contribution in [0, 0.1) is 0 Å². The lowest BCUT2D eigenvalue weighted by molar-refractivity contribution is 0.454. The Bertz CT molecular complexity index is 645. The molecule has 1 unspecified atom stereocenters. The van der Waals surface area contributed by atoms with Crippen LogP contribution in [-0.4, -0.2) is 5.16 Å². The predicted molar refractivity (Wildman–Crippen MR) is 86.4 cm³/mol. The first-order valence-electron chi connectivity index (χ1n) is 6.71. The van der Waals surface area contributed by atoms with Gasteiger partial charge in [0.15, 0.2) is 0 Å². The molecule has 0 aromatic heterocycles. The SMILES string of the molecule is C=C/C=C\C1=C(C)P(=O)(C(C)(C)C)Oc2ccccc21. The fourth-order valence-electron chi connectivity index (χ4n) is 2.34. The highest BCUT2D eigenvalue weighted by molar-refractivity contribution is 7.65. The molecule has 20 heavy (non-hydrogen) atoms. The van der Waals surface area contributed by atoms with Gasteiger partial charge in [0, 0.05) is 10.9 Å². The number of para-hydroxylation sites is 1. The maximum absolute atomic E-state index is 13.4. The molecule has 0 saturated heterocycles. The first-order valence-corrected chi connectivity index (χ1v) is 8.33. The third-order valence-electron chi connectivity index (χ3n) is 3.52. The Morgan fingerprint density at radius 1 is 1.25 bits per heavy atom. The van der Waals surface area contributed by atoms with Gasteiger partial charge in [0.25, 0.3) is 7.37 Å². The summed E-state index contributed by atoms with van der Waals surface area (Å²) in [7, 11) is -2.92. The van der Waals surface area contributed by atoms with Crippen LogP contribution in [0.15, 0.2) is 54.4 Å². The van der Waals surface area contributed by atoms with Crippen molar-refractivity contribution in [1.29, 1.82) is 0 Å². The monoisotopic (exact) mass is 288 g/mol. The molecule has 0 aliphatic carbocycles. The van der Waals surface area contributed by atoms with Crippen LogP contribution in [0.25, 0.3) is 5.57 Å². The van der Waals surface area contributed by atoms with E-state index in [4.69, 9.17) is 4.52 Å². The summed E-state index contributed by atoms with van der Waals surface area (Å²) in [5.74, 6) is 0.695. The van der Waals surface area contributed by atoms with Gasteiger partial charge in [-0.25, -0.2) is 0 Å². The number of fused-ring (bicyclic) bond motifs is 1. The Balaban J connectivity index is 2.74. The first-order chi connectivity index (χ1) is 9.31. The van der Waals surface area contributed by atoms with E-state index in [1.54, 1.807) is 6.08 Å². The minimum atomic E-state index is -2.92. The third kappa shape index (κ3) is 2.29. The van der Waals surface area contributed by atoms with E-state index in [0.29, 0.717) is 5.75 Å². The van der Waals surface area contributed by atoms with Crippen molar-refractivity contribution in [3.63, 3.8) is 0 Å². The minimum absolute atomic E-state index is 0.433. The maximum Gasteiger partial charge on any atom is 0.278 e. The van der Waals surface area contributed by atoms with Crippen LogP contribution in [0.4, 0.5) is 0 Å². The molecule has 1 atom stereocenters. The van der Waals surface area contributed by atoms with Crippen molar-refractivity contribution in [2.45, 2.75) is 32.9 Å². The normalized spacial score (nSPS) is 22.6. The molecular weight excluding hydrogens is 267 g/mol. The van der Waals surface area contributed by atoms with Crippen LogP contribution in [0.3, 0.4) is 0 Å². The van der Waals surface area contributed by atoms with Gasteiger partial charge in [-0.1, -0.05) is 43.0 Å². The fourth-order valence-corrected chi connectivity index (χ4v) is 4.71. The molecule has 0 radical (unpaired) electrons. The second-order valence-corrected chi connectivity index (χ2v) is 9.20. The molecule has 1 aromatic carbocycles. The number of rotatable bonds is 2. The van der Waals surface area contributed by atoms with Crippen molar-refractivity contribution in [3.8, 4) is 5.75 Å². The van der Waals surface area contributed by atoms with Gasteiger partial charge in [-0.3, -0.25) is 4.57 Å². The molecule has 1 heterocycles. The minimum Gasteiger partial charge on any atom is -0.439 e. The van der Waals surface area contributed by atoms with E-state index >= 15 is 0 Å². The van der Waals surface area contributed by atoms with Crippen LogP contribution in [-0.2, 0) is 4.57 Å². The zero-order valence-electron chi connectivity index (χ0n) is 12.5. The highest BCUT2D eigenvalue weighted by Gasteiger charge is 2.44. The van der Waals surface area contributed by atoms with Crippen LogP contribution in [0.2, 0.25) is 0 Å². The largest absolute Gasteiger partial charge is 0.439 e. The molecule has 2 rings (SSSR count). The summed E-state index contributed by atoms with van der Waals surface area (Å²) in [5.41, 5.74) is 1.96. The summed E-state index contributed by atoms with van der Waals surface area (Å²) >= 11 is 0. The molecule has 0 amide bonds. The Hall–Kier alpha value is -1.53. The number of hydrogen-bond donors (Lipinski definition) is 0. The van der Waals surface area contributed by atoms with Crippen molar-refractivity contribution in [3.05, 3.63) is 60.0 Å². The lowest BCUT2D eigenvalue weighted by Gasteiger charge is -2.36. The number of hydrogen-bond acceptors (Lipinski definition) is 2. The molecule has 0 bridgehead atoms. The van der Waals surface area contributed by atoms with Crippen LogP contribution >= 0.6 is 7.37 Å². The summed E-state index contributed by atoms with van der Waals surface area (Å²) in [6.07, 6.45) is 5.55. The highest BCUT2D eigenvalue weighted by Crippen LogP contribution is 2.68. The van der Waals surface area contributed by atoms with Gasteiger partial charge in [-0.2, -0.15) is 0 Å². The summed E-state index contributed by atoms with van der Waals surface area (Å²) in [6, 6.07) is 7.74. The van der Waals surface area contributed by atoms with Crippen molar-refractivity contribution in [1.82, 2.24) is 0 Å². The number of allylic oxidation sites excluding steroid dienone is 5. The zero-order valence-corrected chi connectivity index (χ0v) is 13.4. The fraction of sp³-hybridized carbons (Fsp3) is 0.294. The van der Waals surface area contributed by atoms with Crippen LogP contribution in [0.5, 0.6) is 5.75 Å². The molecule has 2 nitrogen and oxygen atoms in total. The van der Waals surface area contributed by atoms with E-state index in [-0.39, 0.29) is 0 Å². The van der Waals surface area contributed by atoms with Crippen molar-refractivity contribution < 1.29 is 9.09 Å². The Kier molecular flexibility index (Phi) is 3.80. The Morgan fingerprint density at radius 3 is 2.50 bits per heavy atom. The standard InChI is InChI=1S/C17H21O2P/c1-6-7-10-14-13(2)20(18,17(3,4)5)19-16-12-9-8-11-15(14)16/h6-12H,1H2,2-5H3/b10-7-. The van der Waals surface area contributed by atoms with E-state index in [0.717, 1.165) is 16.5 Å². The topological polar surface area (TPSA) is 26.3 Å². The van der Waals surface area contributed by atoms with Crippen LogP contribution in [0.1, 0.15) is 33.3 Å². The molecule has 106 valence electrons. The smallest absolute Gasteiger partial charge is 0.278 e. The summed E-state index contributed by atoms with van der Waals surface area (Å²) in [5, 5.41) is 0.388. The van der Waals surface area contributed by atoms with E-state index in [1.165, 1.54) is 0 Å². The quantitative estimate of drug-likeness (QED) is 0.521. The van der Waals surface area contributed by atoms with Gasteiger partial charge in [0.05, 0.1) is 5.16 Å². The van der Waals surface area contributed by atoms with Crippen molar-refractivity contribution in [2.75, 3.05) is 0 Å². The second kappa shape index (κ2) is 5.10. The van der Waals surface area contributed by atoms with Crippen molar-refractivity contribution in [2.24, 2.45) is 0 Å². The number of benzene rings is 1. The second-order valence-electron chi connectivity index (χ2n) is 5.90. The molecule has 1 aliphatic rings. The van der Waals surface area contributed by atoms with Gasteiger partial charge in [0.1, 0.15) is 5.75 Å². The third-order valence-corrected chi connectivity index (χ3v) is 6.86. The lowest BCUT2D eigenvalue weighted by atomic mass is 10.0. The van der Waals surface area contributed by atoms with Gasteiger partial charge in [0.2, 0.25) is 0 Å². The van der Waals surface area contributed by atoms with E-state index in [1.807, 2.05) is 64.1 Å².